The van der Waals surface area contributed by atoms with Crippen LogP contribution < -0.4 is 26.0 Å². The summed E-state index contributed by atoms with van der Waals surface area (Å²) in [6.07, 6.45) is -0.941. The van der Waals surface area contributed by atoms with E-state index in [2.05, 4.69) is 76.7 Å². The fraction of sp³-hybridized carbons (Fsp3) is 0.200. The molecule has 3 amide bonds. The lowest BCUT2D eigenvalue weighted by atomic mass is 9.76. The minimum Gasteiger partial charge on any atom is -0.465 e. The third kappa shape index (κ3) is 12.6. The lowest BCUT2D eigenvalue weighted by Crippen LogP contribution is -2.53. The van der Waals surface area contributed by atoms with Crippen LogP contribution in [0, 0.1) is 17.0 Å². The molecule has 0 saturated carbocycles. The minimum absolute atomic E-state index is 0.0717. The highest BCUT2D eigenvalue weighted by Gasteiger charge is 2.36. The number of nitrogens with one attached hydrogen (secondary N) is 4. The summed E-state index contributed by atoms with van der Waals surface area (Å²) in [7, 11) is 0. The molecule has 2 atom stereocenters. The van der Waals surface area contributed by atoms with Crippen LogP contribution in [0.25, 0.3) is 0 Å². The van der Waals surface area contributed by atoms with Crippen LogP contribution in [0.5, 0.6) is 5.75 Å². The molecule has 6 aromatic carbocycles. The molecule has 6 rings (SSSR count). The van der Waals surface area contributed by atoms with Gasteiger partial charge in [0.2, 0.25) is 11.8 Å². The number of aryl methyl sites for hydroxylation is 1. The Balaban J connectivity index is 1.14. The van der Waals surface area contributed by atoms with Crippen LogP contribution in [0.2, 0.25) is 0 Å². The number of hydrogen-bond acceptors (Lipinski definition) is 9. The summed E-state index contributed by atoms with van der Waals surface area (Å²) in [5, 5.41) is 32.4. The number of non-ortho nitro benzene ring substituents is 1. The zero-order valence-corrected chi connectivity index (χ0v) is 35.1. The fourth-order valence-electron chi connectivity index (χ4n) is 7.30. The molecule has 0 aliphatic rings. The number of unbranched alkanes of at least 4 members (excludes halogenated alkanes) is 1. The van der Waals surface area contributed by atoms with Crippen molar-refractivity contribution in [2.45, 2.75) is 56.8 Å². The van der Waals surface area contributed by atoms with Gasteiger partial charge in [-0.25, -0.2) is 9.59 Å². The van der Waals surface area contributed by atoms with E-state index >= 15 is 0 Å². The zero-order chi connectivity index (χ0) is 45.3. The molecule has 0 bridgehead atoms. The summed E-state index contributed by atoms with van der Waals surface area (Å²) < 4.78 is 10.3. The second-order valence-corrected chi connectivity index (χ2v) is 15.1. The third-order valence-electron chi connectivity index (χ3n) is 10.6. The third-order valence-corrected chi connectivity index (χ3v) is 10.6. The molecule has 0 spiro atoms. The van der Waals surface area contributed by atoms with Gasteiger partial charge in [-0.15, -0.1) is 0 Å². The maximum absolute atomic E-state index is 14.0. The van der Waals surface area contributed by atoms with E-state index in [4.69, 9.17) is 9.47 Å². The van der Waals surface area contributed by atoms with Crippen molar-refractivity contribution in [2.24, 2.45) is 0 Å². The van der Waals surface area contributed by atoms with Crippen LogP contribution in [-0.4, -0.2) is 52.7 Å². The highest BCUT2D eigenvalue weighted by atomic mass is 16.7. The van der Waals surface area contributed by atoms with Gasteiger partial charge in [0, 0.05) is 24.2 Å². The Bertz CT molecular complexity index is 2430. The number of carbonyl (C=O) groups is 4. The molecule has 14 heteroatoms. The second-order valence-electron chi connectivity index (χ2n) is 15.1. The largest absolute Gasteiger partial charge is 0.514 e. The van der Waals surface area contributed by atoms with Crippen molar-refractivity contribution in [3.8, 4) is 5.75 Å². The number of nitro benzene ring substituents is 1. The van der Waals surface area contributed by atoms with Gasteiger partial charge >= 0.3 is 12.2 Å². The number of carboxylic acid groups (broad SMARTS) is 1. The predicted molar refractivity (Wildman–Crippen MR) is 242 cm³/mol. The van der Waals surface area contributed by atoms with Crippen molar-refractivity contribution in [1.29, 1.82) is 0 Å². The molecule has 0 heterocycles. The smallest absolute Gasteiger partial charge is 0.465 e. The topological polar surface area (TPSA) is 198 Å². The fourth-order valence-corrected chi connectivity index (χ4v) is 7.30. The number of carbonyl (C=O) groups excluding carboxylic acids is 3. The van der Waals surface area contributed by atoms with Crippen molar-refractivity contribution in [2.75, 3.05) is 11.9 Å². The first-order chi connectivity index (χ1) is 31.0. The summed E-state index contributed by atoms with van der Waals surface area (Å²) in [5.41, 5.74) is 5.19. The van der Waals surface area contributed by atoms with E-state index in [0.29, 0.717) is 30.6 Å². The number of benzene rings is 6. The van der Waals surface area contributed by atoms with E-state index in [9.17, 15) is 34.4 Å². The van der Waals surface area contributed by atoms with Gasteiger partial charge in [-0.05, 0) is 84.8 Å². The van der Waals surface area contributed by atoms with Gasteiger partial charge < -0.3 is 30.5 Å². The number of rotatable bonds is 20. The molecule has 0 fully saturated rings. The minimum atomic E-state index is -1.37. The van der Waals surface area contributed by atoms with Gasteiger partial charge in [0.15, 0.2) is 0 Å². The van der Waals surface area contributed by atoms with E-state index in [1.807, 2.05) is 42.5 Å². The molecule has 5 N–H and O–H groups in total. The molecule has 0 saturated heterocycles. The summed E-state index contributed by atoms with van der Waals surface area (Å²) in [6.45, 7) is 2.44. The van der Waals surface area contributed by atoms with Gasteiger partial charge in [-0.2, -0.15) is 0 Å². The summed E-state index contributed by atoms with van der Waals surface area (Å²) in [5.74, 6) is -1.08. The zero-order valence-electron chi connectivity index (χ0n) is 35.1. The van der Waals surface area contributed by atoms with E-state index in [-0.39, 0.29) is 30.9 Å². The van der Waals surface area contributed by atoms with Gasteiger partial charge in [0.1, 0.15) is 24.4 Å². The first-order valence-corrected chi connectivity index (χ1v) is 20.8. The summed E-state index contributed by atoms with van der Waals surface area (Å²) >= 11 is 0. The van der Waals surface area contributed by atoms with Crippen molar-refractivity contribution < 1.29 is 38.7 Å². The molecular weight excluding hydrogens is 815 g/mol. The maximum Gasteiger partial charge on any atom is 0.514 e. The average Bonchev–Trinajstić information content (AvgIpc) is 3.30. The van der Waals surface area contributed by atoms with Crippen LogP contribution in [0.4, 0.5) is 21.0 Å². The van der Waals surface area contributed by atoms with Crippen molar-refractivity contribution in [3.05, 3.63) is 207 Å². The number of amides is 3. The predicted octanol–water partition coefficient (Wildman–Crippen LogP) is 8.67. The van der Waals surface area contributed by atoms with Crippen molar-refractivity contribution in [3.63, 3.8) is 0 Å². The van der Waals surface area contributed by atoms with E-state index < -0.39 is 46.6 Å². The molecule has 0 aromatic heterocycles. The molecule has 0 unspecified atom stereocenters. The summed E-state index contributed by atoms with van der Waals surface area (Å²) in [6, 6.07) is 47.2. The van der Waals surface area contributed by atoms with Crippen molar-refractivity contribution in [1.82, 2.24) is 16.0 Å². The van der Waals surface area contributed by atoms with E-state index in [1.165, 1.54) is 24.3 Å². The number of ether oxygens (including phenoxy) is 2. The Hall–Kier alpha value is -7.84. The van der Waals surface area contributed by atoms with Crippen LogP contribution in [0.15, 0.2) is 164 Å². The number of hydrogen-bond donors (Lipinski definition) is 5. The number of nitro groups is 1. The van der Waals surface area contributed by atoms with E-state index in [0.717, 1.165) is 27.8 Å². The van der Waals surface area contributed by atoms with Crippen molar-refractivity contribution >= 4 is 35.4 Å². The number of anilines is 1. The Kier molecular flexibility index (Phi) is 15.9. The molecule has 328 valence electrons. The molecule has 64 heavy (non-hydrogen) atoms. The Morgan fingerprint density at radius 1 is 0.656 bits per heavy atom. The maximum atomic E-state index is 14.0. The first kappa shape index (κ1) is 45.7. The summed E-state index contributed by atoms with van der Waals surface area (Å²) in [4.78, 5) is 62.2. The lowest BCUT2D eigenvalue weighted by Gasteiger charge is -2.37. The van der Waals surface area contributed by atoms with Gasteiger partial charge in [-0.1, -0.05) is 133 Å². The molecular formula is C50H49N5O9. The molecule has 6 aromatic rings. The molecule has 0 aliphatic heterocycles. The molecule has 14 nitrogen and oxygen atoms in total. The van der Waals surface area contributed by atoms with Gasteiger partial charge in [0.25, 0.3) is 5.69 Å². The highest BCUT2D eigenvalue weighted by Crippen LogP contribution is 2.37. The van der Waals surface area contributed by atoms with Crippen LogP contribution in [-0.2, 0) is 32.9 Å². The van der Waals surface area contributed by atoms with Crippen LogP contribution in [0.1, 0.15) is 52.6 Å². The Morgan fingerprint density at radius 3 is 1.81 bits per heavy atom. The normalized spacial score (nSPS) is 12.0. The molecule has 0 radical (unpaired) electrons. The van der Waals surface area contributed by atoms with Gasteiger partial charge in [0.05, 0.1) is 10.5 Å². The first-order valence-electron chi connectivity index (χ1n) is 20.8. The molecule has 0 aliphatic carbocycles. The van der Waals surface area contributed by atoms with Crippen LogP contribution in [0.3, 0.4) is 0 Å². The second kappa shape index (κ2) is 22.3. The average molecular weight is 864 g/mol. The Labute approximate surface area is 370 Å². The monoisotopic (exact) mass is 863 g/mol. The highest BCUT2D eigenvalue weighted by molar-refractivity contribution is 5.98. The van der Waals surface area contributed by atoms with Gasteiger partial charge in [-0.3, -0.25) is 25.0 Å². The Morgan fingerprint density at radius 2 is 1.23 bits per heavy atom. The SMILES string of the molecule is Cc1ccc(C(NCCCC[C@H](NC(=O)[C@H](Cc2ccccc2)NC(=O)O)C(=O)Nc2ccc(COC(=O)Oc3ccc([N+](=O)[O-])cc3)cc2)(c2ccccc2)c2ccccc2)cc1. The quantitative estimate of drug-likeness (QED) is 0.0124. The standard InChI is InChI=1S/C50H49N5O9/c1-35-20-24-40(25-21-35)50(38-15-7-3-8-16-38,39-17-9-4-10-18-39)51-32-12-11-19-44(53-47(57)45(54-48(58)59)33-36-13-5-2-6-14-36)46(56)52-41-26-22-37(23-27-41)34-63-49(60)64-43-30-28-42(29-31-43)55(61)62/h2-10,13-18,20-31,44-45,51,54H,11-12,19,32-34H2,1H3,(H,52,56)(H,53,57)(H,58,59)/t44-,45-/m0/s1. The number of nitrogens with zero attached hydrogens (tertiary/aromatic N) is 1. The van der Waals surface area contributed by atoms with Crippen LogP contribution >= 0.6 is 0 Å². The van der Waals surface area contributed by atoms with E-state index in [1.54, 1.807) is 48.5 Å². The lowest BCUT2D eigenvalue weighted by molar-refractivity contribution is -0.384.